The van der Waals surface area contributed by atoms with Gasteiger partial charge in [0.2, 0.25) is 5.91 Å². The number of hydrogen-bond acceptors (Lipinski definition) is 3. The molecule has 1 aromatic rings. The zero-order valence-corrected chi connectivity index (χ0v) is 11.7. The number of rotatable bonds is 1. The Kier molecular flexibility index (Phi) is 2.61. The summed E-state index contributed by atoms with van der Waals surface area (Å²) < 4.78 is 6.00. The van der Waals surface area contributed by atoms with Crippen LogP contribution < -0.4 is 15.8 Å². The zero-order chi connectivity index (χ0) is 13.8. The molecule has 0 aliphatic carbocycles. The Morgan fingerprint density at radius 3 is 2.95 bits per heavy atom. The van der Waals surface area contributed by atoms with Gasteiger partial charge in [-0.3, -0.25) is 4.79 Å². The van der Waals surface area contributed by atoms with Crippen molar-refractivity contribution in [2.45, 2.75) is 45.1 Å². The summed E-state index contributed by atoms with van der Waals surface area (Å²) in [5.74, 6) is 1.02. The topological polar surface area (TPSA) is 64.3 Å². The standard InChI is InChI=1S/C15H20N2O2/c1-8-4-9-5-10(7-16)19-14(9)12-13(8)17-11(18)6-15(12,2)3/h4,10H,5-7,16H2,1-3H3,(H,17,18). The lowest BCUT2D eigenvalue weighted by atomic mass is 9.76. The van der Waals surface area contributed by atoms with Crippen LogP contribution >= 0.6 is 0 Å². The van der Waals surface area contributed by atoms with E-state index in [2.05, 4.69) is 25.2 Å². The van der Waals surface area contributed by atoms with Crippen LogP contribution in [0.4, 0.5) is 5.69 Å². The van der Waals surface area contributed by atoms with E-state index in [9.17, 15) is 4.79 Å². The van der Waals surface area contributed by atoms with Gasteiger partial charge in [-0.25, -0.2) is 0 Å². The molecule has 0 saturated heterocycles. The van der Waals surface area contributed by atoms with E-state index in [1.807, 2.05) is 6.92 Å². The molecule has 0 saturated carbocycles. The number of aryl methyl sites for hydroxylation is 1. The maximum absolute atomic E-state index is 11.8. The molecule has 1 amide bonds. The summed E-state index contributed by atoms with van der Waals surface area (Å²) >= 11 is 0. The number of nitrogens with two attached hydrogens (primary N) is 1. The van der Waals surface area contributed by atoms with E-state index >= 15 is 0 Å². The summed E-state index contributed by atoms with van der Waals surface area (Å²) in [6.45, 7) is 6.76. The molecule has 0 bridgehead atoms. The van der Waals surface area contributed by atoms with Gasteiger partial charge in [-0.1, -0.05) is 19.9 Å². The van der Waals surface area contributed by atoms with Crippen LogP contribution in [0.25, 0.3) is 0 Å². The van der Waals surface area contributed by atoms with E-state index in [-0.39, 0.29) is 17.4 Å². The fourth-order valence-corrected chi connectivity index (χ4v) is 3.22. The average molecular weight is 260 g/mol. The van der Waals surface area contributed by atoms with E-state index in [1.165, 1.54) is 5.56 Å². The third-order valence-corrected chi connectivity index (χ3v) is 4.09. The van der Waals surface area contributed by atoms with Crippen molar-refractivity contribution < 1.29 is 9.53 Å². The van der Waals surface area contributed by atoms with E-state index in [0.717, 1.165) is 29.0 Å². The maximum Gasteiger partial charge on any atom is 0.225 e. The predicted octanol–water partition coefficient (Wildman–Crippen LogP) is 1.88. The van der Waals surface area contributed by atoms with Crippen LogP contribution in [0, 0.1) is 6.92 Å². The number of nitrogens with one attached hydrogen (secondary N) is 1. The van der Waals surface area contributed by atoms with Gasteiger partial charge >= 0.3 is 0 Å². The van der Waals surface area contributed by atoms with Gasteiger partial charge in [-0.05, 0) is 18.1 Å². The summed E-state index contributed by atoms with van der Waals surface area (Å²) in [7, 11) is 0. The normalized spacial score (nSPS) is 23.4. The third kappa shape index (κ3) is 1.82. The monoisotopic (exact) mass is 260 g/mol. The molecular weight excluding hydrogens is 240 g/mol. The quantitative estimate of drug-likeness (QED) is 0.810. The molecule has 4 nitrogen and oxygen atoms in total. The van der Waals surface area contributed by atoms with Gasteiger partial charge in [0.25, 0.3) is 0 Å². The van der Waals surface area contributed by atoms with Crippen molar-refractivity contribution in [3.63, 3.8) is 0 Å². The van der Waals surface area contributed by atoms with Crippen LogP contribution in [0.1, 0.15) is 37.0 Å². The number of amides is 1. The minimum atomic E-state index is -0.197. The van der Waals surface area contributed by atoms with Gasteiger partial charge in [0.15, 0.2) is 0 Å². The van der Waals surface area contributed by atoms with Gasteiger partial charge < -0.3 is 15.8 Å². The van der Waals surface area contributed by atoms with Crippen molar-refractivity contribution in [3.8, 4) is 5.75 Å². The predicted molar refractivity (Wildman–Crippen MR) is 74.6 cm³/mol. The smallest absolute Gasteiger partial charge is 0.225 e. The second-order valence-corrected chi connectivity index (χ2v) is 6.22. The molecule has 2 aliphatic rings. The van der Waals surface area contributed by atoms with E-state index < -0.39 is 0 Å². The molecular formula is C15H20N2O2. The maximum atomic E-state index is 11.8. The van der Waals surface area contributed by atoms with Crippen LogP contribution in [0.5, 0.6) is 5.75 Å². The largest absolute Gasteiger partial charge is 0.488 e. The van der Waals surface area contributed by atoms with Crippen LogP contribution in [-0.4, -0.2) is 18.6 Å². The van der Waals surface area contributed by atoms with Gasteiger partial charge in [-0.2, -0.15) is 0 Å². The van der Waals surface area contributed by atoms with Crippen molar-refractivity contribution in [1.82, 2.24) is 0 Å². The second-order valence-electron chi connectivity index (χ2n) is 6.22. The molecule has 19 heavy (non-hydrogen) atoms. The molecule has 2 aliphatic heterocycles. The van der Waals surface area contributed by atoms with Crippen molar-refractivity contribution in [1.29, 1.82) is 0 Å². The molecule has 2 heterocycles. The number of carbonyl (C=O) groups excluding carboxylic acids is 1. The molecule has 3 rings (SSSR count). The lowest BCUT2D eigenvalue weighted by Gasteiger charge is -2.34. The highest BCUT2D eigenvalue weighted by atomic mass is 16.5. The first-order chi connectivity index (χ1) is 8.92. The van der Waals surface area contributed by atoms with E-state index in [4.69, 9.17) is 10.5 Å². The highest BCUT2D eigenvalue weighted by Crippen LogP contribution is 2.48. The summed E-state index contributed by atoms with van der Waals surface area (Å²) in [5.41, 5.74) is 9.92. The first kappa shape index (κ1) is 12.5. The van der Waals surface area contributed by atoms with Crippen LogP contribution in [0.2, 0.25) is 0 Å². The van der Waals surface area contributed by atoms with Crippen LogP contribution in [0.15, 0.2) is 6.07 Å². The number of ether oxygens (including phenoxy) is 1. The summed E-state index contributed by atoms with van der Waals surface area (Å²) in [6.07, 6.45) is 1.42. The lowest BCUT2D eigenvalue weighted by molar-refractivity contribution is -0.117. The fraction of sp³-hybridized carbons (Fsp3) is 0.533. The molecule has 1 aromatic carbocycles. The lowest BCUT2D eigenvalue weighted by Crippen LogP contribution is -2.33. The van der Waals surface area contributed by atoms with E-state index in [0.29, 0.717) is 13.0 Å². The molecule has 0 fully saturated rings. The first-order valence-electron chi connectivity index (χ1n) is 6.76. The number of fused-ring (bicyclic) bond motifs is 3. The zero-order valence-electron chi connectivity index (χ0n) is 11.7. The minimum Gasteiger partial charge on any atom is -0.488 e. The van der Waals surface area contributed by atoms with Crippen molar-refractivity contribution in [2.24, 2.45) is 5.73 Å². The number of carbonyl (C=O) groups is 1. The first-order valence-corrected chi connectivity index (χ1v) is 6.76. The molecule has 0 radical (unpaired) electrons. The summed E-state index contributed by atoms with van der Waals surface area (Å²) in [6, 6.07) is 2.12. The molecule has 0 aromatic heterocycles. The Labute approximate surface area is 113 Å². The van der Waals surface area contributed by atoms with Gasteiger partial charge in [-0.15, -0.1) is 0 Å². The minimum absolute atomic E-state index is 0.0642. The SMILES string of the molecule is Cc1cc2c(c3c1NC(=O)CC3(C)C)OC(CN)C2. The van der Waals surface area contributed by atoms with E-state index in [1.54, 1.807) is 0 Å². The molecule has 3 N–H and O–H groups in total. The van der Waals surface area contributed by atoms with Crippen LogP contribution in [0.3, 0.4) is 0 Å². The Balaban J connectivity index is 2.21. The van der Waals surface area contributed by atoms with Gasteiger partial charge in [0.05, 0.1) is 5.69 Å². The second kappa shape index (κ2) is 3.97. The summed E-state index contributed by atoms with van der Waals surface area (Å²) in [4.78, 5) is 11.8. The van der Waals surface area contributed by atoms with Crippen molar-refractivity contribution in [3.05, 3.63) is 22.8 Å². The average Bonchev–Trinajstić information content (AvgIpc) is 2.70. The number of anilines is 1. The van der Waals surface area contributed by atoms with Crippen molar-refractivity contribution in [2.75, 3.05) is 11.9 Å². The summed E-state index contributed by atoms with van der Waals surface area (Å²) in [5, 5.41) is 3.00. The van der Waals surface area contributed by atoms with Gasteiger partial charge in [0, 0.05) is 30.4 Å². The highest BCUT2D eigenvalue weighted by Gasteiger charge is 2.39. The van der Waals surface area contributed by atoms with Gasteiger partial charge in [0.1, 0.15) is 11.9 Å². The molecule has 1 unspecified atom stereocenters. The third-order valence-electron chi connectivity index (χ3n) is 4.09. The molecule has 0 spiro atoms. The Morgan fingerprint density at radius 2 is 2.26 bits per heavy atom. The number of benzene rings is 1. The van der Waals surface area contributed by atoms with Crippen LogP contribution in [-0.2, 0) is 16.6 Å². The molecule has 1 atom stereocenters. The Bertz CT molecular complexity index is 564. The Morgan fingerprint density at radius 1 is 1.53 bits per heavy atom. The molecule has 4 heteroatoms. The highest BCUT2D eigenvalue weighted by molar-refractivity contribution is 5.97. The Hall–Kier alpha value is -1.55. The molecule has 102 valence electrons. The fourth-order valence-electron chi connectivity index (χ4n) is 3.22. The van der Waals surface area contributed by atoms with Crippen molar-refractivity contribution >= 4 is 11.6 Å². The number of hydrogen-bond donors (Lipinski definition) is 2.